The smallest absolute Gasteiger partial charge is 0.226 e. The van der Waals surface area contributed by atoms with E-state index < -0.39 is 0 Å². The summed E-state index contributed by atoms with van der Waals surface area (Å²) in [5.74, 6) is 0.602. The van der Waals surface area contributed by atoms with Crippen LogP contribution in [0.4, 0.5) is 17.1 Å². The number of benzene rings is 1. The van der Waals surface area contributed by atoms with Gasteiger partial charge in [0.05, 0.1) is 23.3 Å². The highest BCUT2D eigenvalue weighted by atomic mass is 16.1. The van der Waals surface area contributed by atoms with Crippen molar-refractivity contribution in [2.75, 3.05) is 22.5 Å². The predicted octanol–water partition coefficient (Wildman–Crippen LogP) is 4.12. The summed E-state index contributed by atoms with van der Waals surface area (Å²) < 4.78 is 0. The van der Waals surface area contributed by atoms with E-state index in [1.165, 1.54) is 5.56 Å². The van der Waals surface area contributed by atoms with Crippen molar-refractivity contribution in [3.63, 3.8) is 0 Å². The number of amides is 1. The molecule has 25 heavy (non-hydrogen) atoms. The van der Waals surface area contributed by atoms with Gasteiger partial charge in [-0.1, -0.05) is 32.6 Å². The van der Waals surface area contributed by atoms with Crippen LogP contribution in [0.15, 0.2) is 43.2 Å². The lowest BCUT2D eigenvalue weighted by molar-refractivity contribution is -0.115. The van der Waals surface area contributed by atoms with Crippen molar-refractivity contribution >= 4 is 28.7 Å². The van der Waals surface area contributed by atoms with E-state index in [1.807, 2.05) is 24.4 Å². The molecule has 0 bridgehead atoms. The quantitative estimate of drug-likeness (QED) is 0.768. The molecule has 5 heteroatoms. The SMILES string of the molecule is C=C(Nc1cncc(CC(C)C)c1)c1cccc2c1NCCC(=O)N2. The van der Waals surface area contributed by atoms with Crippen LogP contribution in [0.5, 0.6) is 0 Å². The molecule has 1 aromatic carbocycles. The maximum absolute atomic E-state index is 11.7. The van der Waals surface area contributed by atoms with Crippen LogP contribution < -0.4 is 16.0 Å². The summed E-state index contributed by atoms with van der Waals surface area (Å²) in [5, 5.41) is 9.60. The number of hydrogen-bond acceptors (Lipinski definition) is 4. The third-order valence-electron chi connectivity index (χ3n) is 4.05. The van der Waals surface area contributed by atoms with Crippen molar-refractivity contribution in [2.45, 2.75) is 26.7 Å². The number of carbonyl (C=O) groups excluding carboxylic acids is 1. The number of nitrogens with zero attached hydrogens (tertiary/aromatic N) is 1. The number of rotatable bonds is 5. The Labute approximate surface area is 148 Å². The van der Waals surface area contributed by atoms with Gasteiger partial charge in [-0.3, -0.25) is 9.78 Å². The lowest BCUT2D eigenvalue weighted by Crippen LogP contribution is -2.10. The molecule has 0 aliphatic carbocycles. The Balaban J connectivity index is 1.83. The van der Waals surface area contributed by atoms with E-state index in [2.05, 4.69) is 47.4 Å². The fourth-order valence-electron chi connectivity index (χ4n) is 2.99. The van der Waals surface area contributed by atoms with E-state index >= 15 is 0 Å². The van der Waals surface area contributed by atoms with E-state index in [4.69, 9.17) is 0 Å². The number of para-hydroxylation sites is 1. The van der Waals surface area contributed by atoms with Crippen LogP contribution in [0, 0.1) is 5.92 Å². The first-order valence-corrected chi connectivity index (χ1v) is 8.60. The minimum Gasteiger partial charge on any atom is -0.382 e. The van der Waals surface area contributed by atoms with Gasteiger partial charge in [0.25, 0.3) is 0 Å². The Morgan fingerprint density at radius 1 is 1.36 bits per heavy atom. The molecule has 3 N–H and O–H groups in total. The van der Waals surface area contributed by atoms with Gasteiger partial charge in [-0.2, -0.15) is 0 Å². The molecule has 0 radical (unpaired) electrons. The standard InChI is InChI=1S/C20H24N4O/c1-13(2)9-15-10-16(12-21-11-15)23-14(3)17-5-4-6-18-20(17)22-8-7-19(25)24-18/h4-6,10-13,22-23H,3,7-9H2,1-2H3,(H,24,25). The number of pyridine rings is 1. The maximum atomic E-state index is 11.7. The molecule has 0 atom stereocenters. The van der Waals surface area contributed by atoms with E-state index in [-0.39, 0.29) is 5.91 Å². The molecule has 130 valence electrons. The molecular formula is C20H24N4O. The summed E-state index contributed by atoms with van der Waals surface area (Å²) in [6.45, 7) is 9.17. The fourth-order valence-corrected chi connectivity index (χ4v) is 2.99. The van der Waals surface area contributed by atoms with Gasteiger partial charge in [0.2, 0.25) is 5.91 Å². The molecule has 1 aliphatic rings. The largest absolute Gasteiger partial charge is 0.382 e. The summed E-state index contributed by atoms with van der Waals surface area (Å²) in [5.41, 5.74) is 5.51. The molecule has 0 saturated heterocycles. The zero-order valence-corrected chi connectivity index (χ0v) is 14.7. The second-order valence-corrected chi connectivity index (χ2v) is 6.74. The number of fused-ring (bicyclic) bond motifs is 1. The Kier molecular flexibility index (Phi) is 5.03. The first kappa shape index (κ1) is 17.0. The molecule has 1 aromatic heterocycles. The Morgan fingerprint density at radius 2 is 2.20 bits per heavy atom. The number of anilines is 3. The molecule has 2 aromatic rings. The molecule has 2 heterocycles. The average molecular weight is 336 g/mol. The Bertz CT molecular complexity index is 798. The van der Waals surface area contributed by atoms with Crippen molar-refractivity contribution in [3.8, 4) is 0 Å². The van der Waals surface area contributed by atoms with Crippen LogP contribution >= 0.6 is 0 Å². The zero-order valence-electron chi connectivity index (χ0n) is 14.7. The Hall–Kier alpha value is -2.82. The summed E-state index contributed by atoms with van der Waals surface area (Å²) >= 11 is 0. The topological polar surface area (TPSA) is 66.0 Å². The van der Waals surface area contributed by atoms with Crippen LogP contribution in [0.2, 0.25) is 0 Å². The molecule has 1 aliphatic heterocycles. The third kappa shape index (κ3) is 4.18. The number of nitrogens with one attached hydrogen (secondary N) is 3. The first-order valence-electron chi connectivity index (χ1n) is 8.60. The van der Waals surface area contributed by atoms with Crippen molar-refractivity contribution in [3.05, 3.63) is 54.4 Å². The molecule has 3 rings (SSSR count). The van der Waals surface area contributed by atoms with Crippen LogP contribution in [0.25, 0.3) is 5.70 Å². The van der Waals surface area contributed by atoms with Crippen molar-refractivity contribution < 1.29 is 4.79 Å². The van der Waals surface area contributed by atoms with Gasteiger partial charge in [-0.15, -0.1) is 0 Å². The van der Waals surface area contributed by atoms with Crippen LogP contribution in [-0.4, -0.2) is 17.4 Å². The second-order valence-electron chi connectivity index (χ2n) is 6.74. The van der Waals surface area contributed by atoms with Crippen molar-refractivity contribution in [1.82, 2.24) is 4.98 Å². The molecule has 0 spiro atoms. The van der Waals surface area contributed by atoms with Crippen LogP contribution in [-0.2, 0) is 11.2 Å². The van der Waals surface area contributed by atoms with Gasteiger partial charge in [-0.05, 0) is 30.0 Å². The third-order valence-corrected chi connectivity index (χ3v) is 4.05. The first-order chi connectivity index (χ1) is 12.0. The molecule has 1 amide bonds. The van der Waals surface area contributed by atoms with Gasteiger partial charge < -0.3 is 16.0 Å². The van der Waals surface area contributed by atoms with Gasteiger partial charge in [-0.25, -0.2) is 0 Å². The number of hydrogen-bond donors (Lipinski definition) is 3. The molecule has 0 fully saturated rings. The molecule has 0 unspecified atom stereocenters. The van der Waals surface area contributed by atoms with Crippen molar-refractivity contribution in [2.24, 2.45) is 5.92 Å². The van der Waals surface area contributed by atoms with E-state index in [0.29, 0.717) is 18.9 Å². The highest BCUT2D eigenvalue weighted by molar-refractivity contribution is 5.99. The van der Waals surface area contributed by atoms with E-state index in [0.717, 1.165) is 34.7 Å². The Morgan fingerprint density at radius 3 is 3.00 bits per heavy atom. The highest BCUT2D eigenvalue weighted by Gasteiger charge is 2.16. The fraction of sp³-hybridized carbons (Fsp3) is 0.300. The lowest BCUT2D eigenvalue weighted by atomic mass is 10.0. The number of carbonyl (C=O) groups is 1. The molecular weight excluding hydrogens is 312 g/mol. The minimum absolute atomic E-state index is 0.0209. The van der Waals surface area contributed by atoms with E-state index in [1.54, 1.807) is 6.20 Å². The normalized spacial score (nSPS) is 13.5. The van der Waals surface area contributed by atoms with Crippen LogP contribution in [0.3, 0.4) is 0 Å². The van der Waals surface area contributed by atoms with Crippen molar-refractivity contribution in [1.29, 1.82) is 0 Å². The minimum atomic E-state index is 0.0209. The summed E-state index contributed by atoms with van der Waals surface area (Å²) in [6.07, 6.45) is 5.14. The van der Waals surface area contributed by atoms with Gasteiger partial charge in [0.1, 0.15) is 0 Å². The predicted molar refractivity (Wildman–Crippen MR) is 104 cm³/mol. The summed E-state index contributed by atoms with van der Waals surface area (Å²) in [6, 6.07) is 7.91. The van der Waals surface area contributed by atoms with Crippen LogP contribution in [0.1, 0.15) is 31.4 Å². The molecule has 0 saturated carbocycles. The average Bonchev–Trinajstić information content (AvgIpc) is 2.74. The summed E-state index contributed by atoms with van der Waals surface area (Å²) in [7, 11) is 0. The second kappa shape index (κ2) is 7.38. The number of aromatic nitrogens is 1. The molecule has 5 nitrogen and oxygen atoms in total. The zero-order chi connectivity index (χ0) is 17.8. The monoisotopic (exact) mass is 336 g/mol. The lowest BCUT2D eigenvalue weighted by Gasteiger charge is -2.17. The highest BCUT2D eigenvalue weighted by Crippen LogP contribution is 2.32. The van der Waals surface area contributed by atoms with Gasteiger partial charge in [0, 0.05) is 30.4 Å². The maximum Gasteiger partial charge on any atom is 0.226 e. The van der Waals surface area contributed by atoms with Gasteiger partial charge >= 0.3 is 0 Å². The summed E-state index contributed by atoms with van der Waals surface area (Å²) in [4.78, 5) is 16.1. The van der Waals surface area contributed by atoms with E-state index in [9.17, 15) is 4.79 Å². The van der Waals surface area contributed by atoms with Gasteiger partial charge in [0.15, 0.2) is 0 Å².